The molecule has 0 saturated heterocycles. The van der Waals surface area contributed by atoms with Crippen molar-refractivity contribution in [2.45, 2.75) is 59.0 Å². The molecule has 1 N–H and O–H groups in total. The average molecular weight is 386 g/mol. The summed E-state index contributed by atoms with van der Waals surface area (Å²) in [6.07, 6.45) is 12.2. The summed E-state index contributed by atoms with van der Waals surface area (Å²) in [5.74, 6) is -0.00127. The highest BCUT2D eigenvalue weighted by molar-refractivity contribution is 6.03. The van der Waals surface area contributed by atoms with E-state index in [0.717, 1.165) is 30.2 Å². The zero-order valence-corrected chi connectivity index (χ0v) is 17.3. The molecule has 1 amide bonds. The van der Waals surface area contributed by atoms with Crippen LogP contribution in [0.25, 0.3) is 0 Å². The second-order valence-electron chi connectivity index (χ2n) is 9.20. The topological polar surface area (TPSA) is 66.8 Å². The van der Waals surface area contributed by atoms with Crippen LogP contribution in [0, 0.1) is 11.3 Å². The van der Waals surface area contributed by atoms with Crippen molar-refractivity contribution in [3.05, 3.63) is 47.3 Å². The molecule has 1 fully saturated rings. The largest absolute Gasteiger partial charge is 0.515 e. The molecule has 3 rings (SSSR count). The van der Waals surface area contributed by atoms with Gasteiger partial charge in [-0.05, 0) is 53.4 Å². The maximum atomic E-state index is 13.2. The van der Waals surface area contributed by atoms with E-state index in [0.29, 0.717) is 31.5 Å². The summed E-state index contributed by atoms with van der Waals surface area (Å²) in [5.41, 5.74) is 1.45. The maximum absolute atomic E-state index is 13.2. The summed E-state index contributed by atoms with van der Waals surface area (Å²) in [6.45, 7) is 8.47. The van der Waals surface area contributed by atoms with Crippen molar-refractivity contribution in [2.75, 3.05) is 13.1 Å². The van der Waals surface area contributed by atoms with Crippen LogP contribution in [0.2, 0.25) is 0 Å². The van der Waals surface area contributed by atoms with Gasteiger partial charge in [-0.1, -0.05) is 35.5 Å². The number of hydrogen-bond acceptors (Lipinski definition) is 4. The first kappa shape index (κ1) is 20.4. The fourth-order valence-corrected chi connectivity index (χ4v) is 4.48. The van der Waals surface area contributed by atoms with Gasteiger partial charge in [-0.25, -0.2) is 4.79 Å². The predicted octanol–water partition coefficient (Wildman–Crippen LogP) is 4.87. The first-order chi connectivity index (χ1) is 13.1. The number of carbonyl (C=O) groups excluding carboxylic acids is 2. The van der Waals surface area contributed by atoms with Crippen LogP contribution < -0.4 is 0 Å². The second-order valence-corrected chi connectivity index (χ2v) is 9.20. The van der Waals surface area contributed by atoms with Gasteiger partial charge < -0.3 is 14.7 Å². The highest BCUT2D eigenvalue weighted by atomic mass is 16.6. The number of aliphatic hydroxyl groups is 1. The van der Waals surface area contributed by atoms with E-state index >= 15 is 0 Å². The molecule has 3 aliphatic rings. The van der Waals surface area contributed by atoms with Crippen LogP contribution in [-0.2, 0) is 9.53 Å². The Bertz CT molecular complexity index is 781. The summed E-state index contributed by atoms with van der Waals surface area (Å²) in [6, 6.07) is 0. The lowest BCUT2D eigenvalue weighted by Crippen LogP contribution is -2.49. The van der Waals surface area contributed by atoms with E-state index in [-0.39, 0.29) is 17.8 Å². The number of Topliss-reactive ketones (excluding diaryl/α,β-unsaturated/α-hetero) is 1. The van der Waals surface area contributed by atoms with Gasteiger partial charge in [0.15, 0.2) is 5.78 Å². The summed E-state index contributed by atoms with van der Waals surface area (Å²) < 4.78 is 5.51. The lowest BCUT2D eigenvalue weighted by molar-refractivity contribution is -0.124. The van der Waals surface area contributed by atoms with Crippen molar-refractivity contribution in [1.29, 1.82) is 0 Å². The number of ketones is 1. The Balaban J connectivity index is 1.89. The highest BCUT2D eigenvalue weighted by Gasteiger charge is 2.48. The third-order valence-electron chi connectivity index (χ3n) is 5.75. The van der Waals surface area contributed by atoms with Gasteiger partial charge in [-0.2, -0.15) is 0 Å². The van der Waals surface area contributed by atoms with Crippen molar-refractivity contribution in [3.8, 4) is 0 Å². The number of hydrogen-bond donors (Lipinski definition) is 1. The van der Waals surface area contributed by atoms with Crippen LogP contribution >= 0.6 is 0 Å². The molecule has 1 aliphatic heterocycles. The van der Waals surface area contributed by atoms with Gasteiger partial charge in [0.05, 0.1) is 11.7 Å². The third-order valence-corrected chi connectivity index (χ3v) is 5.75. The SMILES string of the molecule is CC(C)(C)OC(=O)N1CC=C2C(C/C(=C/O)C(=O)[C@@]2(C)CC2=CCCC=C2)C1. The Hall–Kier alpha value is -2.30. The van der Waals surface area contributed by atoms with E-state index in [1.54, 1.807) is 4.90 Å². The lowest BCUT2D eigenvalue weighted by Gasteiger charge is -2.45. The van der Waals surface area contributed by atoms with Gasteiger partial charge in [0.2, 0.25) is 0 Å². The minimum absolute atomic E-state index is 0.00976. The summed E-state index contributed by atoms with van der Waals surface area (Å²) in [7, 11) is 0. The summed E-state index contributed by atoms with van der Waals surface area (Å²) >= 11 is 0. The van der Waals surface area contributed by atoms with Crippen LogP contribution in [0.3, 0.4) is 0 Å². The molecular weight excluding hydrogens is 354 g/mol. The quantitative estimate of drug-likeness (QED) is 0.418. The van der Waals surface area contributed by atoms with Crippen LogP contribution in [0.4, 0.5) is 4.79 Å². The third kappa shape index (κ3) is 4.08. The van der Waals surface area contributed by atoms with Crippen LogP contribution in [0.15, 0.2) is 47.3 Å². The van der Waals surface area contributed by atoms with Crippen LogP contribution in [-0.4, -0.2) is 40.6 Å². The number of aliphatic hydroxyl groups excluding tert-OH is 1. The Labute approximate surface area is 167 Å². The molecule has 0 aromatic rings. The van der Waals surface area contributed by atoms with E-state index in [9.17, 15) is 14.7 Å². The highest BCUT2D eigenvalue weighted by Crippen LogP contribution is 2.49. The number of ether oxygens (including phenoxy) is 1. The molecule has 1 saturated carbocycles. The Morgan fingerprint density at radius 3 is 2.71 bits per heavy atom. The van der Waals surface area contributed by atoms with E-state index in [1.807, 2.05) is 33.8 Å². The molecule has 0 aromatic carbocycles. The number of fused-ring (bicyclic) bond motifs is 1. The Kier molecular flexibility index (Phi) is 5.55. The van der Waals surface area contributed by atoms with Crippen molar-refractivity contribution >= 4 is 11.9 Å². The zero-order valence-electron chi connectivity index (χ0n) is 17.3. The number of nitrogens with zero attached hydrogens (tertiary/aromatic N) is 1. The van der Waals surface area contributed by atoms with Crippen molar-refractivity contribution in [2.24, 2.45) is 11.3 Å². The molecule has 2 atom stereocenters. The normalized spacial score (nSPS) is 29.3. The van der Waals surface area contributed by atoms with Gasteiger partial charge in [0, 0.05) is 24.6 Å². The molecule has 1 heterocycles. The monoisotopic (exact) mass is 385 g/mol. The van der Waals surface area contributed by atoms with Crippen LogP contribution in [0.5, 0.6) is 0 Å². The number of carbonyl (C=O) groups is 2. The minimum Gasteiger partial charge on any atom is -0.515 e. The van der Waals surface area contributed by atoms with E-state index in [4.69, 9.17) is 4.74 Å². The Morgan fingerprint density at radius 2 is 2.11 bits per heavy atom. The van der Waals surface area contributed by atoms with Crippen LogP contribution in [0.1, 0.15) is 53.4 Å². The second kappa shape index (κ2) is 7.61. The predicted molar refractivity (Wildman–Crippen MR) is 109 cm³/mol. The summed E-state index contributed by atoms with van der Waals surface area (Å²) in [4.78, 5) is 27.4. The molecule has 0 bridgehead atoms. The van der Waals surface area contributed by atoms with Crippen molar-refractivity contribution < 1.29 is 19.4 Å². The molecule has 2 aliphatic carbocycles. The molecule has 152 valence electrons. The molecular formula is C23H31NO4. The van der Waals surface area contributed by atoms with E-state index in [2.05, 4.69) is 18.2 Å². The van der Waals surface area contributed by atoms with Gasteiger partial charge in [0.25, 0.3) is 0 Å². The Morgan fingerprint density at radius 1 is 1.36 bits per heavy atom. The number of rotatable bonds is 2. The van der Waals surface area contributed by atoms with E-state index < -0.39 is 11.0 Å². The zero-order chi connectivity index (χ0) is 20.5. The molecule has 0 spiro atoms. The molecule has 28 heavy (non-hydrogen) atoms. The standard InChI is InChI=1S/C23H31NO4/c1-22(2,3)28-21(27)24-11-10-19-17(14-24)12-18(15-25)20(26)23(19,4)13-16-8-6-5-7-9-16/h6,8-10,15,17,25H,5,7,11-14H2,1-4H3/b18-15-/t17?,23-/m0/s1. The molecule has 5 heteroatoms. The number of amides is 1. The molecule has 5 nitrogen and oxygen atoms in total. The molecule has 0 radical (unpaired) electrons. The van der Waals surface area contributed by atoms with E-state index in [1.165, 1.54) is 0 Å². The average Bonchev–Trinajstić information content (AvgIpc) is 2.64. The first-order valence-electron chi connectivity index (χ1n) is 10.1. The summed E-state index contributed by atoms with van der Waals surface area (Å²) in [5, 5.41) is 9.68. The lowest BCUT2D eigenvalue weighted by atomic mass is 9.60. The first-order valence-corrected chi connectivity index (χ1v) is 10.1. The van der Waals surface area contributed by atoms with Gasteiger partial charge >= 0.3 is 6.09 Å². The van der Waals surface area contributed by atoms with Crippen molar-refractivity contribution in [1.82, 2.24) is 4.90 Å². The van der Waals surface area contributed by atoms with Crippen molar-refractivity contribution in [3.63, 3.8) is 0 Å². The fourth-order valence-electron chi connectivity index (χ4n) is 4.48. The smallest absolute Gasteiger partial charge is 0.410 e. The molecule has 1 unspecified atom stereocenters. The fraction of sp³-hybridized carbons (Fsp3) is 0.565. The van der Waals surface area contributed by atoms with Gasteiger partial charge in [-0.15, -0.1) is 0 Å². The van der Waals surface area contributed by atoms with Gasteiger partial charge in [0.1, 0.15) is 5.60 Å². The van der Waals surface area contributed by atoms with Gasteiger partial charge in [-0.3, -0.25) is 4.79 Å². The minimum atomic E-state index is -0.689. The maximum Gasteiger partial charge on any atom is 0.410 e. The molecule has 0 aromatic heterocycles. The number of allylic oxidation sites excluding steroid dienone is 5.